The second kappa shape index (κ2) is 16.3. The van der Waals surface area contributed by atoms with Crippen molar-refractivity contribution in [3.8, 4) is 11.5 Å². The highest BCUT2D eigenvalue weighted by molar-refractivity contribution is 6.32. The number of carbonyl (C=O) groups excluding carboxylic acids is 2. The van der Waals surface area contributed by atoms with E-state index < -0.39 is 5.97 Å². The molecule has 2 aromatic rings. The van der Waals surface area contributed by atoms with Gasteiger partial charge in [-0.25, -0.2) is 4.79 Å². The molecule has 2 aromatic carbocycles. The number of hydrogen-bond acceptors (Lipinski definition) is 4. The molecule has 0 unspecified atom stereocenters. The van der Waals surface area contributed by atoms with E-state index >= 15 is 0 Å². The molecule has 0 spiro atoms. The summed E-state index contributed by atoms with van der Waals surface area (Å²) in [5, 5.41) is 0.218. The quantitative estimate of drug-likeness (QED) is 0.100. The van der Waals surface area contributed by atoms with Crippen LogP contribution >= 0.6 is 11.6 Å². The standard InChI is InChI=1S/C28H37ClO4/c1-2-3-4-5-6-7-8-9-10-11-12-13-20-32-25-17-15-24(16-18-25)28(31)33-27-19-14-23(22-30)21-26(27)29/h14-19,21-22H,2-13,20H2,1H3. The molecule has 33 heavy (non-hydrogen) atoms. The van der Waals surface area contributed by atoms with Gasteiger partial charge in [-0.3, -0.25) is 4.79 Å². The van der Waals surface area contributed by atoms with E-state index in [-0.39, 0.29) is 10.8 Å². The third-order valence-electron chi connectivity index (χ3n) is 5.65. The topological polar surface area (TPSA) is 52.6 Å². The Labute approximate surface area is 203 Å². The van der Waals surface area contributed by atoms with E-state index in [1.807, 2.05) is 0 Å². The Balaban J connectivity index is 1.56. The van der Waals surface area contributed by atoms with E-state index in [1.165, 1.54) is 82.8 Å². The number of hydrogen-bond donors (Lipinski definition) is 0. The van der Waals surface area contributed by atoms with Crippen LogP contribution in [0.15, 0.2) is 42.5 Å². The van der Waals surface area contributed by atoms with Crippen LogP contribution in [0, 0.1) is 0 Å². The lowest BCUT2D eigenvalue weighted by Crippen LogP contribution is -2.09. The van der Waals surface area contributed by atoms with Crippen molar-refractivity contribution in [1.29, 1.82) is 0 Å². The number of ether oxygens (including phenoxy) is 2. The molecular weight excluding hydrogens is 436 g/mol. The minimum atomic E-state index is -0.511. The molecule has 0 saturated heterocycles. The van der Waals surface area contributed by atoms with Gasteiger partial charge in [-0.15, -0.1) is 0 Å². The van der Waals surface area contributed by atoms with Crippen LogP contribution in [0.5, 0.6) is 11.5 Å². The van der Waals surface area contributed by atoms with Gasteiger partial charge in [-0.2, -0.15) is 0 Å². The third-order valence-corrected chi connectivity index (χ3v) is 5.95. The Bertz CT molecular complexity index is 832. The number of halogens is 1. The molecule has 0 heterocycles. The summed E-state index contributed by atoms with van der Waals surface area (Å²) in [6.07, 6.45) is 16.5. The monoisotopic (exact) mass is 472 g/mol. The molecule has 2 rings (SSSR count). The number of aldehydes is 1. The number of benzene rings is 2. The summed E-state index contributed by atoms with van der Waals surface area (Å²) in [5.41, 5.74) is 0.831. The second-order valence-electron chi connectivity index (χ2n) is 8.46. The number of rotatable bonds is 17. The van der Waals surface area contributed by atoms with E-state index in [9.17, 15) is 9.59 Å². The van der Waals surface area contributed by atoms with Crippen LogP contribution in [-0.2, 0) is 0 Å². The molecule has 0 atom stereocenters. The number of unbranched alkanes of at least 4 members (excludes halogenated alkanes) is 11. The highest BCUT2D eigenvalue weighted by atomic mass is 35.5. The van der Waals surface area contributed by atoms with Crippen molar-refractivity contribution >= 4 is 23.9 Å². The summed E-state index contributed by atoms with van der Waals surface area (Å²) in [6, 6.07) is 11.4. The zero-order valence-electron chi connectivity index (χ0n) is 19.8. The van der Waals surface area contributed by atoms with Crippen LogP contribution in [0.4, 0.5) is 0 Å². The molecule has 0 N–H and O–H groups in total. The summed E-state index contributed by atoms with van der Waals surface area (Å²) in [4.78, 5) is 23.1. The fraction of sp³-hybridized carbons (Fsp3) is 0.500. The molecule has 0 bridgehead atoms. The predicted molar refractivity (Wildman–Crippen MR) is 135 cm³/mol. The maximum Gasteiger partial charge on any atom is 0.343 e. The van der Waals surface area contributed by atoms with Crippen LogP contribution in [0.1, 0.15) is 105 Å². The molecule has 0 aromatic heterocycles. The van der Waals surface area contributed by atoms with E-state index in [1.54, 1.807) is 30.3 Å². The summed E-state index contributed by atoms with van der Waals surface area (Å²) >= 11 is 6.05. The molecule has 0 fully saturated rings. The fourth-order valence-electron chi connectivity index (χ4n) is 3.65. The van der Waals surface area contributed by atoms with Gasteiger partial charge in [0, 0.05) is 5.56 Å². The molecule has 4 nitrogen and oxygen atoms in total. The first-order valence-corrected chi connectivity index (χ1v) is 12.7. The predicted octanol–water partition coefficient (Wildman–Crippen LogP) is 8.45. The van der Waals surface area contributed by atoms with Gasteiger partial charge in [-0.05, 0) is 48.9 Å². The molecule has 5 heteroatoms. The normalized spacial score (nSPS) is 10.7. The van der Waals surface area contributed by atoms with Crippen molar-refractivity contribution in [3.63, 3.8) is 0 Å². The minimum Gasteiger partial charge on any atom is -0.494 e. The van der Waals surface area contributed by atoms with Gasteiger partial charge >= 0.3 is 5.97 Å². The molecule has 0 aliphatic carbocycles. The van der Waals surface area contributed by atoms with Gasteiger partial charge in [0.05, 0.1) is 17.2 Å². The lowest BCUT2D eigenvalue weighted by Gasteiger charge is -2.09. The maximum absolute atomic E-state index is 12.3. The third kappa shape index (κ3) is 10.9. The fourth-order valence-corrected chi connectivity index (χ4v) is 3.88. The van der Waals surface area contributed by atoms with E-state index in [0.717, 1.165) is 12.2 Å². The molecule has 0 saturated carbocycles. The first-order valence-electron chi connectivity index (χ1n) is 12.3. The summed E-state index contributed by atoms with van der Waals surface area (Å²) in [5.74, 6) is 0.450. The van der Waals surface area contributed by atoms with Crippen molar-refractivity contribution in [2.75, 3.05) is 6.61 Å². The van der Waals surface area contributed by atoms with Gasteiger partial charge in [0.25, 0.3) is 0 Å². The van der Waals surface area contributed by atoms with Crippen molar-refractivity contribution in [3.05, 3.63) is 58.6 Å². The summed E-state index contributed by atoms with van der Waals surface area (Å²) in [7, 11) is 0. The zero-order valence-corrected chi connectivity index (χ0v) is 20.6. The number of carbonyl (C=O) groups is 2. The summed E-state index contributed by atoms with van der Waals surface area (Å²) < 4.78 is 11.1. The largest absolute Gasteiger partial charge is 0.494 e. The average Bonchev–Trinajstić information content (AvgIpc) is 2.83. The Morgan fingerprint density at radius 3 is 1.94 bits per heavy atom. The average molecular weight is 473 g/mol. The summed E-state index contributed by atoms with van der Waals surface area (Å²) in [6.45, 7) is 2.94. The Morgan fingerprint density at radius 2 is 1.39 bits per heavy atom. The van der Waals surface area contributed by atoms with Gasteiger partial charge < -0.3 is 9.47 Å². The smallest absolute Gasteiger partial charge is 0.343 e. The molecule has 0 amide bonds. The van der Waals surface area contributed by atoms with Gasteiger partial charge in [0.2, 0.25) is 0 Å². The van der Waals surface area contributed by atoms with E-state index in [0.29, 0.717) is 24.0 Å². The van der Waals surface area contributed by atoms with Crippen molar-refractivity contribution in [2.45, 2.75) is 84.0 Å². The molecule has 0 aliphatic rings. The van der Waals surface area contributed by atoms with Crippen molar-refractivity contribution in [1.82, 2.24) is 0 Å². The Hall–Kier alpha value is -2.33. The van der Waals surface area contributed by atoms with Gasteiger partial charge in [-0.1, -0.05) is 89.2 Å². The number of esters is 1. The SMILES string of the molecule is CCCCCCCCCCCCCCOc1ccc(C(=O)Oc2ccc(C=O)cc2Cl)cc1. The lowest BCUT2D eigenvalue weighted by atomic mass is 10.1. The Kier molecular flexibility index (Phi) is 13.3. The molecule has 180 valence electrons. The molecule has 0 radical (unpaired) electrons. The first-order chi connectivity index (χ1) is 16.1. The van der Waals surface area contributed by atoms with Gasteiger partial charge in [0.15, 0.2) is 0 Å². The van der Waals surface area contributed by atoms with E-state index in [4.69, 9.17) is 21.1 Å². The highest BCUT2D eigenvalue weighted by Gasteiger charge is 2.12. The van der Waals surface area contributed by atoms with Crippen molar-refractivity contribution in [2.24, 2.45) is 0 Å². The zero-order chi connectivity index (χ0) is 23.7. The van der Waals surface area contributed by atoms with Crippen LogP contribution in [0.3, 0.4) is 0 Å². The highest BCUT2D eigenvalue weighted by Crippen LogP contribution is 2.26. The molecular formula is C28H37ClO4. The second-order valence-corrected chi connectivity index (χ2v) is 8.87. The molecule has 0 aliphatic heterocycles. The van der Waals surface area contributed by atoms with Crippen molar-refractivity contribution < 1.29 is 19.1 Å². The van der Waals surface area contributed by atoms with Gasteiger partial charge in [0.1, 0.15) is 17.8 Å². The van der Waals surface area contributed by atoms with Crippen LogP contribution < -0.4 is 9.47 Å². The van der Waals surface area contributed by atoms with Crippen LogP contribution in [-0.4, -0.2) is 18.9 Å². The van der Waals surface area contributed by atoms with Crippen LogP contribution in [0.2, 0.25) is 5.02 Å². The first kappa shape index (κ1) is 26.9. The van der Waals surface area contributed by atoms with Crippen LogP contribution in [0.25, 0.3) is 0 Å². The minimum absolute atomic E-state index is 0.218. The lowest BCUT2D eigenvalue weighted by molar-refractivity contribution is 0.0734. The Morgan fingerprint density at radius 1 is 0.818 bits per heavy atom. The van der Waals surface area contributed by atoms with E-state index in [2.05, 4.69) is 6.92 Å². The maximum atomic E-state index is 12.3.